The monoisotopic (exact) mass is 227 g/mol. The maximum atomic E-state index is 13.5. The number of hydrogen-bond donors (Lipinski definition) is 2. The fourth-order valence-corrected chi connectivity index (χ4v) is 1.61. The van der Waals surface area contributed by atoms with Crippen molar-refractivity contribution >= 4 is 5.97 Å². The topological polar surface area (TPSA) is 81.8 Å². The first-order valence-corrected chi connectivity index (χ1v) is 4.61. The highest BCUT2D eigenvalue weighted by Gasteiger charge is 2.26. The molecule has 16 heavy (non-hydrogen) atoms. The number of carboxylic acids is 1. The van der Waals surface area contributed by atoms with Gasteiger partial charge in [0, 0.05) is 11.1 Å². The van der Waals surface area contributed by atoms with Crippen molar-refractivity contribution < 1.29 is 23.8 Å². The first kappa shape index (κ1) is 10.8. The molecule has 86 valence electrons. The van der Waals surface area contributed by atoms with Crippen LogP contribution in [0.3, 0.4) is 0 Å². The predicted octanol–water partition coefficient (Wildman–Crippen LogP) is 0.777. The van der Waals surface area contributed by atoms with Crippen molar-refractivity contribution in [3.63, 3.8) is 0 Å². The maximum absolute atomic E-state index is 13.5. The van der Waals surface area contributed by atoms with E-state index in [1.165, 1.54) is 6.07 Å². The fraction of sp³-hybridized carbons (Fsp3) is 0.300. The Morgan fingerprint density at radius 1 is 1.56 bits per heavy atom. The third kappa shape index (κ3) is 1.72. The molecule has 0 aliphatic carbocycles. The van der Waals surface area contributed by atoms with Crippen LogP contribution in [0.5, 0.6) is 5.75 Å². The predicted molar refractivity (Wildman–Crippen MR) is 51.2 cm³/mol. The molecule has 0 saturated carbocycles. The Balaban J connectivity index is 2.53. The minimum absolute atomic E-state index is 0.0698. The number of nitrogens with two attached hydrogens (primary N) is 1. The summed E-state index contributed by atoms with van der Waals surface area (Å²) in [6, 6.07) is 1.16. The number of aliphatic carboxylic acids is 1. The summed E-state index contributed by atoms with van der Waals surface area (Å²) in [5.74, 6) is -1.54. The average Bonchev–Trinajstić information content (AvgIpc) is 2.28. The van der Waals surface area contributed by atoms with Gasteiger partial charge in [0.25, 0.3) is 0 Å². The van der Waals surface area contributed by atoms with Gasteiger partial charge < -0.3 is 20.3 Å². The molecule has 0 amide bonds. The van der Waals surface area contributed by atoms with E-state index >= 15 is 0 Å². The van der Waals surface area contributed by atoms with E-state index in [0.29, 0.717) is 11.3 Å². The van der Waals surface area contributed by atoms with Gasteiger partial charge in [0.15, 0.2) is 6.79 Å². The van der Waals surface area contributed by atoms with Crippen LogP contribution >= 0.6 is 0 Å². The lowest BCUT2D eigenvalue weighted by molar-refractivity contribution is -0.138. The van der Waals surface area contributed by atoms with E-state index < -0.39 is 17.8 Å². The van der Waals surface area contributed by atoms with Gasteiger partial charge in [-0.2, -0.15) is 0 Å². The molecular weight excluding hydrogens is 217 g/mol. The lowest BCUT2D eigenvalue weighted by atomic mass is 9.99. The standard InChI is InChI=1S/C10H10FNO4/c11-6-1-2-7-5(3-15-4-16-7)8(6)9(12)10(13)14/h1-2,9H,3-4,12H2,(H,13,14). The second-order valence-corrected chi connectivity index (χ2v) is 3.36. The van der Waals surface area contributed by atoms with E-state index in [1.54, 1.807) is 0 Å². The zero-order valence-corrected chi connectivity index (χ0v) is 8.27. The van der Waals surface area contributed by atoms with Crippen LogP contribution in [0.15, 0.2) is 12.1 Å². The molecule has 1 aliphatic heterocycles. The molecule has 0 saturated heterocycles. The van der Waals surface area contributed by atoms with Crippen LogP contribution in [0.1, 0.15) is 17.2 Å². The van der Waals surface area contributed by atoms with Gasteiger partial charge in [-0.1, -0.05) is 0 Å². The second-order valence-electron chi connectivity index (χ2n) is 3.36. The maximum Gasteiger partial charge on any atom is 0.325 e. The fourth-order valence-electron chi connectivity index (χ4n) is 1.61. The van der Waals surface area contributed by atoms with Crippen molar-refractivity contribution in [2.45, 2.75) is 12.6 Å². The summed E-state index contributed by atoms with van der Waals surface area (Å²) in [6.45, 7) is 0.170. The van der Waals surface area contributed by atoms with Crippen molar-refractivity contribution in [1.82, 2.24) is 0 Å². The van der Waals surface area contributed by atoms with E-state index in [2.05, 4.69) is 0 Å². The zero-order chi connectivity index (χ0) is 11.7. The van der Waals surface area contributed by atoms with Crippen molar-refractivity contribution in [1.29, 1.82) is 0 Å². The molecule has 3 N–H and O–H groups in total. The second kappa shape index (κ2) is 4.07. The number of halogens is 1. The highest BCUT2D eigenvalue weighted by atomic mass is 19.1. The van der Waals surface area contributed by atoms with Crippen LogP contribution in [-0.2, 0) is 16.1 Å². The van der Waals surface area contributed by atoms with Gasteiger partial charge in [-0.15, -0.1) is 0 Å². The van der Waals surface area contributed by atoms with Crippen molar-refractivity contribution in [2.75, 3.05) is 6.79 Å². The third-order valence-electron chi connectivity index (χ3n) is 2.38. The number of rotatable bonds is 2. The molecule has 0 bridgehead atoms. The summed E-state index contributed by atoms with van der Waals surface area (Å²) >= 11 is 0. The SMILES string of the molecule is NC(C(=O)O)c1c(F)ccc2c1COCO2. The van der Waals surface area contributed by atoms with Crippen LogP contribution in [0, 0.1) is 5.82 Å². The van der Waals surface area contributed by atoms with Crippen molar-refractivity contribution in [2.24, 2.45) is 5.73 Å². The Bertz CT molecular complexity index is 435. The number of fused-ring (bicyclic) bond motifs is 1. The van der Waals surface area contributed by atoms with E-state index in [0.717, 1.165) is 6.07 Å². The van der Waals surface area contributed by atoms with Crippen molar-refractivity contribution in [3.8, 4) is 5.75 Å². The van der Waals surface area contributed by atoms with Crippen LogP contribution in [0.25, 0.3) is 0 Å². The molecule has 1 aliphatic rings. The van der Waals surface area contributed by atoms with Crippen LogP contribution in [0.2, 0.25) is 0 Å². The summed E-state index contributed by atoms with van der Waals surface area (Å²) in [5.41, 5.74) is 5.70. The Morgan fingerprint density at radius 3 is 3.00 bits per heavy atom. The van der Waals surface area contributed by atoms with Gasteiger partial charge in [0.2, 0.25) is 0 Å². The lowest BCUT2D eigenvalue weighted by Crippen LogP contribution is -2.25. The Kier molecular flexibility index (Phi) is 2.76. The summed E-state index contributed by atoms with van der Waals surface area (Å²) in [4.78, 5) is 10.8. The molecule has 1 heterocycles. The van der Waals surface area contributed by atoms with Crippen LogP contribution in [-0.4, -0.2) is 17.9 Å². The van der Waals surface area contributed by atoms with E-state index in [1.807, 2.05) is 0 Å². The summed E-state index contributed by atoms with van der Waals surface area (Å²) in [5, 5.41) is 8.79. The highest BCUT2D eigenvalue weighted by molar-refractivity contribution is 5.76. The van der Waals surface area contributed by atoms with E-state index in [9.17, 15) is 9.18 Å². The van der Waals surface area contributed by atoms with Gasteiger partial charge in [0.1, 0.15) is 17.6 Å². The minimum Gasteiger partial charge on any atom is -0.480 e. The first-order chi connectivity index (χ1) is 7.61. The Labute approximate surface area is 90.6 Å². The normalized spacial score (nSPS) is 16.1. The molecular formula is C10H10FNO4. The smallest absolute Gasteiger partial charge is 0.325 e. The molecule has 2 rings (SSSR count). The number of ether oxygens (including phenoxy) is 2. The van der Waals surface area contributed by atoms with Gasteiger partial charge in [-0.25, -0.2) is 4.39 Å². The molecule has 0 fully saturated rings. The molecule has 0 spiro atoms. The molecule has 0 aromatic heterocycles. The van der Waals surface area contributed by atoms with Crippen molar-refractivity contribution in [3.05, 3.63) is 29.1 Å². The van der Waals surface area contributed by atoms with Gasteiger partial charge in [-0.05, 0) is 12.1 Å². The number of carbonyl (C=O) groups is 1. The Morgan fingerprint density at radius 2 is 2.31 bits per heavy atom. The third-order valence-corrected chi connectivity index (χ3v) is 2.38. The Hall–Kier alpha value is -1.66. The lowest BCUT2D eigenvalue weighted by Gasteiger charge is -2.22. The number of hydrogen-bond acceptors (Lipinski definition) is 4. The first-order valence-electron chi connectivity index (χ1n) is 4.61. The summed E-state index contributed by atoms with van der Waals surface area (Å²) in [6.07, 6.45) is 0. The molecule has 5 nitrogen and oxygen atoms in total. The van der Waals surface area contributed by atoms with Gasteiger partial charge in [0.05, 0.1) is 6.61 Å². The summed E-state index contributed by atoms with van der Waals surface area (Å²) < 4.78 is 23.6. The number of benzene rings is 1. The van der Waals surface area contributed by atoms with Crippen LogP contribution in [0.4, 0.5) is 4.39 Å². The molecule has 1 aromatic carbocycles. The van der Waals surface area contributed by atoms with Crippen LogP contribution < -0.4 is 10.5 Å². The highest BCUT2D eigenvalue weighted by Crippen LogP contribution is 2.31. The minimum atomic E-state index is -1.42. The molecule has 6 heteroatoms. The largest absolute Gasteiger partial charge is 0.480 e. The molecule has 1 atom stereocenters. The number of carboxylic acid groups (broad SMARTS) is 1. The zero-order valence-electron chi connectivity index (χ0n) is 8.27. The molecule has 1 aromatic rings. The quantitative estimate of drug-likeness (QED) is 0.780. The van der Waals surface area contributed by atoms with Gasteiger partial charge in [-0.3, -0.25) is 4.79 Å². The average molecular weight is 227 g/mol. The van der Waals surface area contributed by atoms with Gasteiger partial charge >= 0.3 is 5.97 Å². The molecule has 1 unspecified atom stereocenters. The van der Waals surface area contributed by atoms with E-state index in [-0.39, 0.29) is 19.0 Å². The van der Waals surface area contributed by atoms with E-state index in [4.69, 9.17) is 20.3 Å². The molecule has 0 radical (unpaired) electrons. The summed E-state index contributed by atoms with van der Waals surface area (Å²) in [7, 11) is 0.